The molecule has 7 heteroatoms. The van der Waals surface area contributed by atoms with Gasteiger partial charge in [-0.05, 0) is 51.0 Å². The Balaban J connectivity index is 2.20. The Hall–Kier alpha value is -1.89. The maximum Gasteiger partial charge on any atom is 0.308 e. The molecule has 1 N–H and O–H groups in total. The molecule has 0 radical (unpaired) electrons. The van der Waals surface area contributed by atoms with Crippen molar-refractivity contribution in [1.82, 2.24) is 4.90 Å². The van der Waals surface area contributed by atoms with E-state index in [-0.39, 0.29) is 23.4 Å². The molecule has 1 aliphatic rings. The summed E-state index contributed by atoms with van der Waals surface area (Å²) in [5.41, 5.74) is 0.377. The first-order chi connectivity index (χ1) is 11.1. The van der Waals surface area contributed by atoms with Crippen molar-refractivity contribution in [2.24, 2.45) is 5.92 Å². The van der Waals surface area contributed by atoms with Crippen LogP contribution in [0.4, 0.5) is 0 Å². The van der Waals surface area contributed by atoms with Crippen molar-refractivity contribution in [2.45, 2.75) is 49.8 Å². The van der Waals surface area contributed by atoms with Gasteiger partial charge in [0.2, 0.25) is 0 Å². The number of benzene rings is 1. The fourth-order valence-electron chi connectivity index (χ4n) is 2.38. The lowest BCUT2D eigenvalue weighted by atomic mass is 10.1. The highest BCUT2D eigenvalue weighted by Gasteiger charge is 2.35. The third-order valence-corrected chi connectivity index (χ3v) is 6.36. The molecule has 2 rings (SSSR count). The summed E-state index contributed by atoms with van der Waals surface area (Å²) >= 11 is 0. The maximum atomic E-state index is 12.7. The Labute approximate surface area is 142 Å². The second-order valence-electron chi connectivity index (χ2n) is 6.55. The van der Waals surface area contributed by atoms with Crippen molar-refractivity contribution in [1.29, 1.82) is 0 Å². The van der Waals surface area contributed by atoms with Gasteiger partial charge in [0.1, 0.15) is 0 Å². The molecule has 1 atom stereocenters. The summed E-state index contributed by atoms with van der Waals surface area (Å²) in [7, 11) is -3.38. The number of carboxylic acid groups (broad SMARTS) is 1. The van der Waals surface area contributed by atoms with Crippen LogP contribution in [0.2, 0.25) is 0 Å². The molecule has 1 aromatic rings. The summed E-state index contributed by atoms with van der Waals surface area (Å²) in [4.78, 5) is 25.5. The van der Waals surface area contributed by atoms with Crippen LogP contribution in [0, 0.1) is 5.92 Å². The van der Waals surface area contributed by atoms with Gasteiger partial charge in [-0.25, -0.2) is 8.42 Å². The van der Waals surface area contributed by atoms with E-state index in [9.17, 15) is 18.0 Å². The Morgan fingerprint density at radius 2 is 1.71 bits per heavy atom. The topological polar surface area (TPSA) is 91.8 Å². The quantitative estimate of drug-likeness (QED) is 0.811. The minimum Gasteiger partial charge on any atom is -0.481 e. The Bertz CT molecular complexity index is 720. The number of hydrogen-bond acceptors (Lipinski definition) is 4. The molecule has 1 aliphatic carbocycles. The molecule has 0 spiro atoms. The minimum absolute atomic E-state index is 0.0818. The lowest BCUT2D eigenvalue weighted by molar-refractivity contribution is -0.141. The van der Waals surface area contributed by atoms with E-state index in [1.807, 2.05) is 0 Å². The van der Waals surface area contributed by atoms with E-state index in [1.165, 1.54) is 24.3 Å². The summed E-state index contributed by atoms with van der Waals surface area (Å²) in [6.07, 6.45) is 1.75. The molecule has 1 unspecified atom stereocenters. The van der Waals surface area contributed by atoms with Gasteiger partial charge in [0.05, 0.1) is 16.1 Å². The number of aliphatic carboxylic acids is 1. The van der Waals surface area contributed by atoms with Crippen LogP contribution in [0.3, 0.4) is 0 Å². The lowest BCUT2D eigenvalue weighted by Crippen LogP contribution is -2.38. The van der Waals surface area contributed by atoms with E-state index in [4.69, 9.17) is 5.11 Å². The molecule has 1 amide bonds. The SMILES string of the molecule is CC(CN(C(=O)c1ccc(S(=O)(=O)C(C)C)cc1)C1CC1)C(=O)O. The zero-order valence-electron chi connectivity index (χ0n) is 14.1. The second kappa shape index (κ2) is 6.93. The average molecular weight is 353 g/mol. The van der Waals surface area contributed by atoms with Gasteiger partial charge in [-0.1, -0.05) is 6.92 Å². The van der Waals surface area contributed by atoms with E-state index in [1.54, 1.807) is 25.7 Å². The molecule has 0 aromatic heterocycles. The largest absolute Gasteiger partial charge is 0.481 e. The minimum atomic E-state index is -3.38. The molecule has 0 heterocycles. The molecule has 0 saturated heterocycles. The predicted molar refractivity (Wildman–Crippen MR) is 89.6 cm³/mol. The molecular formula is C17H23NO5S. The number of amides is 1. The van der Waals surface area contributed by atoms with Gasteiger partial charge in [0.15, 0.2) is 9.84 Å². The first-order valence-corrected chi connectivity index (χ1v) is 9.57. The van der Waals surface area contributed by atoms with Crippen LogP contribution < -0.4 is 0 Å². The summed E-state index contributed by atoms with van der Waals surface area (Å²) in [5, 5.41) is 8.53. The maximum absolute atomic E-state index is 12.7. The highest BCUT2D eigenvalue weighted by molar-refractivity contribution is 7.92. The number of rotatable bonds is 7. The van der Waals surface area contributed by atoms with Crippen molar-refractivity contribution >= 4 is 21.7 Å². The molecular weight excluding hydrogens is 330 g/mol. The Kier molecular flexibility index (Phi) is 5.32. The summed E-state index contributed by atoms with van der Waals surface area (Å²) in [5.74, 6) is -1.83. The molecule has 1 aromatic carbocycles. The highest BCUT2D eigenvalue weighted by atomic mass is 32.2. The van der Waals surface area contributed by atoms with Gasteiger partial charge in [0.25, 0.3) is 5.91 Å². The van der Waals surface area contributed by atoms with Crippen LogP contribution in [-0.4, -0.2) is 48.1 Å². The number of hydrogen-bond donors (Lipinski definition) is 1. The van der Waals surface area contributed by atoms with Crippen LogP contribution in [-0.2, 0) is 14.6 Å². The van der Waals surface area contributed by atoms with Crippen molar-refractivity contribution in [2.75, 3.05) is 6.54 Å². The van der Waals surface area contributed by atoms with Crippen molar-refractivity contribution in [3.63, 3.8) is 0 Å². The third kappa shape index (κ3) is 3.95. The van der Waals surface area contributed by atoms with Crippen molar-refractivity contribution < 1.29 is 23.1 Å². The standard InChI is InChI=1S/C17H23NO5S/c1-11(2)24(22,23)15-8-4-13(5-9-15)16(19)18(14-6-7-14)10-12(3)17(20)21/h4-5,8-9,11-12,14H,6-7,10H2,1-3H3,(H,20,21). The lowest BCUT2D eigenvalue weighted by Gasteiger charge is -2.24. The van der Waals surface area contributed by atoms with Crippen LogP contribution in [0.25, 0.3) is 0 Å². The van der Waals surface area contributed by atoms with E-state index < -0.39 is 27.0 Å². The Morgan fingerprint density at radius 1 is 1.17 bits per heavy atom. The molecule has 24 heavy (non-hydrogen) atoms. The van der Waals surface area contributed by atoms with Crippen molar-refractivity contribution in [3.05, 3.63) is 29.8 Å². The fraction of sp³-hybridized carbons (Fsp3) is 0.529. The number of carboxylic acids is 1. The zero-order valence-corrected chi connectivity index (χ0v) is 14.9. The first-order valence-electron chi connectivity index (χ1n) is 8.02. The number of nitrogens with zero attached hydrogens (tertiary/aromatic N) is 1. The van der Waals surface area contributed by atoms with Crippen LogP contribution in [0.15, 0.2) is 29.2 Å². The van der Waals surface area contributed by atoms with Gasteiger partial charge in [-0.15, -0.1) is 0 Å². The van der Waals surface area contributed by atoms with E-state index >= 15 is 0 Å². The fourth-order valence-corrected chi connectivity index (χ4v) is 3.44. The van der Waals surface area contributed by atoms with E-state index in [0.717, 1.165) is 12.8 Å². The van der Waals surface area contributed by atoms with Gasteiger partial charge in [-0.2, -0.15) is 0 Å². The third-order valence-electron chi connectivity index (χ3n) is 4.19. The average Bonchev–Trinajstić information content (AvgIpc) is 3.36. The number of carbonyl (C=O) groups excluding carboxylic acids is 1. The predicted octanol–water partition coefficient (Wildman–Crippen LogP) is 2.19. The first kappa shape index (κ1) is 18.4. The van der Waals surface area contributed by atoms with Crippen LogP contribution in [0.1, 0.15) is 44.0 Å². The van der Waals surface area contributed by atoms with E-state index in [2.05, 4.69) is 0 Å². The summed E-state index contributed by atoms with van der Waals surface area (Å²) in [6.45, 7) is 4.95. The molecule has 132 valence electrons. The monoisotopic (exact) mass is 353 g/mol. The number of sulfone groups is 1. The van der Waals surface area contributed by atoms with Gasteiger partial charge in [0, 0.05) is 18.2 Å². The van der Waals surface area contributed by atoms with Gasteiger partial charge >= 0.3 is 5.97 Å². The van der Waals surface area contributed by atoms with Gasteiger partial charge < -0.3 is 10.0 Å². The zero-order chi connectivity index (χ0) is 18.1. The van der Waals surface area contributed by atoms with Crippen LogP contribution >= 0.6 is 0 Å². The molecule has 6 nitrogen and oxygen atoms in total. The summed E-state index contributed by atoms with van der Waals surface area (Å²) < 4.78 is 24.3. The highest BCUT2D eigenvalue weighted by Crippen LogP contribution is 2.29. The molecule has 1 fully saturated rings. The molecule has 0 bridgehead atoms. The normalized spacial score (nSPS) is 16.0. The van der Waals surface area contributed by atoms with Crippen molar-refractivity contribution in [3.8, 4) is 0 Å². The van der Waals surface area contributed by atoms with E-state index in [0.29, 0.717) is 5.56 Å². The van der Waals surface area contributed by atoms with Crippen LogP contribution in [0.5, 0.6) is 0 Å². The Morgan fingerprint density at radius 3 is 2.12 bits per heavy atom. The summed E-state index contributed by atoms with van der Waals surface area (Å²) in [6, 6.07) is 5.96. The number of carbonyl (C=O) groups is 2. The smallest absolute Gasteiger partial charge is 0.308 e. The molecule has 0 aliphatic heterocycles. The second-order valence-corrected chi connectivity index (χ2v) is 9.05. The van der Waals surface area contributed by atoms with Gasteiger partial charge in [-0.3, -0.25) is 9.59 Å². The molecule has 1 saturated carbocycles.